The molecular formula is C20H21N3O2. The molecule has 25 heavy (non-hydrogen) atoms. The van der Waals surface area contributed by atoms with Crippen molar-refractivity contribution in [2.24, 2.45) is 0 Å². The summed E-state index contributed by atoms with van der Waals surface area (Å²) in [6.45, 7) is 5.72. The molecule has 0 spiro atoms. The molecule has 2 rings (SSSR count). The van der Waals surface area contributed by atoms with E-state index in [-0.39, 0.29) is 24.8 Å². The maximum absolute atomic E-state index is 12.2. The van der Waals surface area contributed by atoms with Crippen LogP contribution in [0.1, 0.15) is 30.0 Å². The highest BCUT2D eigenvalue weighted by Gasteiger charge is 2.16. The molecule has 0 unspecified atom stereocenters. The number of hydrogen-bond acceptors (Lipinski definition) is 3. The molecule has 0 bridgehead atoms. The highest BCUT2D eigenvalue weighted by molar-refractivity contribution is 5.95. The number of carbonyl (C=O) groups excluding carboxylic acids is 2. The Morgan fingerprint density at radius 1 is 1.12 bits per heavy atom. The van der Waals surface area contributed by atoms with Gasteiger partial charge in [-0.1, -0.05) is 24.3 Å². The van der Waals surface area contributed by atoms with Gasteiger partial charge in [-0.3, -0.25) is 9.59 Å². The average molecular weight is 335 g/mol. The third kappa shape index (κ3) is 4.45. The zero-order valence-electron chi connectivity index (χ0n) is 14.7. The van der Waals surface area contributed by atoms with E-state index in [1.165, 1.54) is 6.92 Å². The van der Waals surface area contributed by atoms with Gasteiger partial charge in [0.15, 0.2) is 0 Å². The first-order valence-corrected chi connectivity index (χ1v) is 8.07. The Bertz CT molecular complexity index is 837. The molecule has 0 radical (unpaired) electrons. The molecule has 0 heterocycles. The molecule has 0 saturated heterocycles. The van der Waals surface area contributed by atoms with Gasteiger partial charge in [0, 0.05) is 25.6 Å². The molecule has 0 saturated carbocycles. The fourth-order valence-corrected chi connectivity index (χ4v) is 2.59. The van der Waals surface area contributed by atoms with Crippen LogP contribution in [0.25, 0.3) is 0 Å². The largest absolute Gasteiger partial charge is 0.325 e. The van der Waals surface area contributed by atoms with Crippen molar-refractivity contribution in [2.45, 2.75) is 27.2 Å². The van der Waals surface area contributed by atoms with Gasteiger partial charge in [0.05, 0.1) is 11.3 Å². The monoisotopic (exact) mass is 335 g/mol. The highest BCUT2D eigenvalue weighted by Crippen LogP contribution is 2.23. The standard InChI is InChI=1S/C20H21N3O2/c1-14-7-6-10-19(15(14)2)23(16(3)24)12-11-20(25)22-18-9-5-4-8-17(18)13-21/h4-10H,11-12H2,1-3H3,(H,22,25). The molecule has 5 heteroatoms. The molecule has 5 nitrogen and oxygen atoms in total. The molecule has 2 aromatic rings. The van der Waals surface area contributed by atoms with Crippen molar-refractivity contribution in [3.8, 4) is 6.07 Å². The Morgan fingerprint density at radius 3 is 2.52 bits per heavy atom. The number of amides is 2. The van der Waals surface area contributed by atoms with Crippen LogP contribution < -0.4 is 10.2 Å². The van der Waals surface area contributed by atoms with Gasteiger partial charge in [0.2, 0.25) is 11.8 Å². The summed E-state index contributed by atoms with van der Waals surface area (Å²) >= 11 is 0. The van der Waals surface area contributed by atoms with E-state index < -0.39 is 0 Å². The normalized spacial score (nSPS) is 10.0. The van der Waals surface area contributed by atoms with Crippen LogP contribution in [-0.2, 0) is 9.59 Å². The summed E-state index contributed by atoms with van der Waals surface area (Å²) in [5.74, 6) is -0.349. The molecular weight excluding hydrogens is 314 g/mol. The second-order valence-electron chi connectivity index (χ2n) is 5.85. The zero-order valence-corrected chi connectivity index (χ0v) is 14.7. The van der Waals surface area contributed by atoms with E-state index in [0.29, 0.717) is 11.3 Å². The molecule has 0 atom stereocenters. The van der Waals surface area contributed by atoms with Crippen LogP contribution in [0.3, 0.4) is 0 Å². The molecule has 0 aliphatic carbocycles. The molecule has 0 aromatic heterocycles. The lowest BCUT2D eigenvalue weighted by atomic mass is 10.1. The maximum atomic E-state index is 12.2. The third-order valence-electron chi connectivity index (χ3n) is 4.13. The number of anilines is 2. The van der Waals surface area contributed by atoms with E-state index in [1.54, 1.807) is 29.2 Å². The molecule has 0 aliphatic heterocycles. The van der Waals surface area contributed by atoms with Crippen LogP contribution in [0, 0.1) is 25.2 Å². The predicted molar refractivity (Wildman–Crippen MR) is 98.3 cm³/mol. The number of carbonyl (C=O) groups is 2. The Kier molecular flexibility index (Phi) is 5.91. The van der Waals surface area contributed by atoms with Gasteiger partial charge in [-0.05, 0) is 43.2 Å². The summed E-state index contributed by atoms with van der Waals surface area (Å²) in [6, 6.07) is 14.6. The summed E-state index contributed by atoms with van der Waals surface area (Å²) in [5, 5.41) is 11.8. The van der Waals surface area contributed by atoms with Crippen molar-refractivity contribution in [2.75, 3.05) is 16.8 Å². The number of aryl methyl sites for hydroxylation is 1. The zero-order chi connectivity index (χ0) is 18.4. The van der Waals surface area contributed by atoms with Crippen molar-refractivity contribution in [3.63, 3.8) is 0 Å². The van der Waals surface area contributed by atoms with Crippen LogP contribution in [0.2, 0.25) is 0 Å². The Labute approximate surface area is 147 Å². The number of hydrogen-bond donors (Lipinski definition) is 1. The molecule has 128 valence electrons. The number of rotatable bonds is 5. The van der Waals surface area contributed by atoms with Crippen LogP contribution in [0.4, 0.5) is 11.4 Å². The third-order valence-corrected chi connectivity index (χ3v) is 4.13. The van der Waals surface area contributed by atoms with Gasteiger partial charge in [-0.15, -0.1) is 0 Å². The predicted octanol–water partition coefficient (Wildman–Crippen LogP) is 3.56. The molecule has 2 aromatic carbocycles. The first kappa shape index (κ1) is 18.2. The Morgan fingerprint density at radius 2 is 1.84 bits per heavy atom. The van der Waals surface area contributed by atoms with Gasteiger partial charge < -0.3 is 10.2 Å². The van der Waals surface area contributed by atoms with E-state index in [4.69, 9.17) is 5.26 Å². The first-order chi connectivity index (χ1) is 11.9. The fraction of sp³-hybridized carbons (Fsp3) is 0.250. The lowest BCUT2D eigenvalue weighted by molar-refractivity contribution is -0.117. The van der Waals surface area contributed by atoms with Crippen LogP contribution in [0.5, 0.6) is 0 Å². The van der Waals surface area contributed by atoms with Crippen molar-refractivity contribution < 1.29 is 9.59 Å². The summed E-state index contributed by atoms with van der Waals surface area (Å²) < 4.78 is 0. The molecule has 1 N–H and O–H groups in total. The lowest BCUT2D eigenvalue weighted by Crippen LogP contribution is -2.32. The SMILES string of the molecule is CC(=O)N(CCC(=O)Nc1ccccc1C#N)c1cccc(C)c1C. The summed E-state index contributed by atoms with van der Waals surface area (Å²) in [4.78, 5) is 25.9. The smallest absolute Gasteiger partial charge is 0.226 e. The molecule has 0 fully saturated rings. The molecule has 2 amide bonds. The van der Waals surface area contributed by atoms with Gasteiger partial charge in [0.1, 0.15) is 6.07 Å². The van der Waals surface area contributed by atoms with Crippen molar-refractivity contribution in [1.29, 1.82) is 5.26 Å². The van der Waals surface area contributed by atoms with Crippen LogP contribution in [-0.4, -0.2) is 18.4 Å². The van der Waals surface area contributed by atoms with Gasteiger partial charge in [0.25, 0.3) is 0 Å². The topological polar surface area (TPSA) is 73.2 Å². The average Bonchev–Trinajstić information content (AvgIpc) is 2.59. The van der Waals surface area contributed by atoms with Crippen molar-refractivity contribution in [3.05, 3.63) is 59.2 Å². The molecule has 0 aliphatic rings. The van der Waals surface area contributed by atoms with E-state index in [0.717, 1.165) is 16.8 Å². The van der Waals surface area contributed by atoms with Crippen LogP contribution in [0.15, 0.2) is 42.5 Å². The van der Waals surface area contributed by atoms with Crippen LogP contribution >= 0.6 is 0 Å². The second-order valence-corrected chi connectivity index (χ2v) is 5.85. The van der Waals surface area contributed by atoms with Gasteiger partial charge >= 0.3 is 0 Å². The first-order valence-electron chi connectivity index (χ1n) is 8.07. The number of para-hydroxylation sites is 1. The highest BCUT2D eigenvalue weighted by atomic mass is 16.2. The second kappa shape index (κ2) is 8.11. The summed E-state index contributed by atoms with van der Waals surface area (Å²) in [6.07, 6.45) is 0.146. The van der Waals surface area contributed by atoms with E-state index in [2.05, 4.69) is 5.32 Å². The number of nitrogens with zero attached hydrogens (tertiary/aromatic N) is 2. The van der Waals surface area contributed by atoms with Crippen molar-refractivity contribution in [1.82, 2.24) is 0 Å². The van der Waals surface area contributed by atoms with E-state index in [1.807, 2.05) is 38.1 Å². The van der Waals surface area contributed by atoms with Gasteiger partial charge in [-0.2, -0.15) is 5.26 Å². The number of nitrogens with one attached hydrogen (secondary N) is 1. The van der Waals surface area contributed by atoms with Crippen molar-refractivity contribution >= 4 is 23.2 Å². The minimum Gasteiger partial charge on any atom is -0.325 e. The van der Waals surface area contributed by atoms with E-state index in [9.17, 15) is 9.59 Å². The minimum atomic E-state index is -0.237. The van der Waals surface area contributed by atoms with Gasteiger partial charge in [-0.25, -0.2) is 0 Å². The maximum Gasteiger partial charge on any atom is 0.226 e. The lowest BCUT2D eigenvalue weighted by Gasteiger charge is -2.23. The van der Waals surface area contributed by atoms with E-state index >= 15 is 0 Å². The summed E-state index contributed by atoms with van der Waals surface area (Å²) in [5.41, 5.74) is 3.83. The number of nitriles is 1. The fourth-order valence-electron chi connectivity index (χ4n) is 2.59. The number of benzene rings is 2. The summed E-state index contributed by atoms with van der Waals surface area (Å²) in [7, 11) is 0. The minimum absolute atomic E-state index is 0.112. The Hall–Kier alpha value is -3.13. The Balaban J connectivity index is 2.09. The quantitative estimate of drug-likeness (QED) is 0.908.